The molecule has 3 aromatic heterocycles. The van der Waals surface area contributed by atoms with Crippen molar-refractivity contribution in [2.24, 2.45) is 18.9 Å². The Morgan fingerprint density at radius 2 is 1.69 bits per heavy atom. The van der Waals surface area contributed by atoms with Crippen molar-refractivity contribution in [2.75, 3.05) is 89.6 Å². The summed E-state index contributed by atoms with van der Waals surface area (Å²) in [4.78, 5) is 48.3. The van der Waals surface area contributed by atoms with E-state index in [-0.39, 0.29) is 58.4 Å². The van der Waals surface area contributed by atoms with E-state index in [0.717, 1.165) is 155 Å². The molecule has 12 rings (SSSR count). The molecule has 3 unspecified atom stereocenters. The van der Waals surface area contributed by atoms with Crippen LogP contribution in [-0.4, -0.2) is 143 Å². The van der Waals surface area contributed by atoms with Gasteiger partial charge in [0.25, 0.3) is 0 Å². The molecule has 9 heterocycles. The molecular formula is C63H87FN10O6. The summed E-state index contributed by atoms with van der Waals surface area (Å²) in [5.74, 6) is 1.85. The van der Waals surface area contributed by atoms with Crippen molar-refractivity contribution in [2.45, 2.75) is 153 Å². The molecule has 0 radical (unpaired) electrons. The second-order valence-corrected chi connectivity index (χ2v) is 23.5. The number of aromatic hydroxyl groups is 1. The van der Waals surface area contributed by atoms with Gasteiger partial charge in [-0.05, 0) is 181 Å². The standard InChI is InChI=1S/C33H40FN5O3.C28H41N5O3.C2H6/c1-20-6-2-7-21-16-23(40)17-24(26(20)21)29-28(34)30-27-25(35-29)9-8-22-18-41-15-5-14-39(22)31(27)37-32(36-30)42-19-33-10-3-12-38(33)13-4-11-33;1-5-6-7-24(27(34)29-2)26-23-9-8-22(19-25(23)31(3)30-26)32-14-10-20(11-15-32)18-21-12-16-33(17-13-21)28(35)36-4;1-2/h16-17,20,22,40H,2-15,18-19H2,1H3;5,8-9,19-21,24H,1,6-7,10-18H2,2-4H3,(H,29,34);1-2H3. The Kier molecular flexibility index (Phi) is 18.1. The van der Waals surface area contributed by atoms with Gasteiger partial charge in [0.1, 0.15) is 29.4 Å². The van der Waals surface area contributed by atoms with Crippen LogP contribution in [0.15, 0.2) is 43.0 Å². The summed E-state index contributed by atoms with van der Waals surface area (Å²) in [6, 6.07) is 10.4. The summed E-state index contributed by atoms with van der Waals surface area (Å²) in [6.07, 6.45) is 18.9. The van der Waals surface area contributed by atoms with Gasteiger partial charge in [0.2, 0.25) is 5.91 Å². The van der Waals surface area contributed by atoms with Crippen molar-refractivity contribution in [1.82, 2.24) is 39.8 Å². The minimum atomic E-state index is -0.459. The summed E-state index contributed by atoms with van der Waals surface area (Å²) < 4.78 is 36.1. The summed E-state index contributed by atoms with van der Waals surface area (Å²) in [7, 11) is 5.10. The van der Waals surface area contributed by atoms with Crippen LogP contribution in [0.5, 0.6) is 11.8 Å². The smallest absolute Gasteiger partial charge is 0.409 e. The predicted molar refractivity (Wildman–Crippen MR) is 313 cm³/mol. The van der Waals surface area contributed by atoms with Gasteiger partial charge < -0.3 is 39.3 Å². The molecule has 1 aliphatic carbocycles. The van der Waals surface area contributed by atoms with E-state index in [0.29, 0.717) is 49.5 Å². The Hall–Kier alpha value is -6.07. The number of nitrogens with one attached hydrogen (secondary N) is 1. The van der Waals surface area contributed by atoms with Gasteiger partial charge in [0.05, 0.1) is 53.5 Å². The van der Waals surface area contributed by atoms with Gasteiger partial charge in [-0.1, -0.05) is 26.8 Å². The molecule has 2 amide bonds. The second kappa shape index (κ2) is 25.4. The van der Waals surface area contributed by atoms with E-state index >= 15 is 4.39 Å². The number of hydrogen-bond donors (Lipinski definition) is 2. The van der Waals surface area contributed by atoms with Gasteiger partial charge >= 0.3 is 12.1 Å². The minimum absolute atomic E-state index is 0.000954. The highest BCUT2D eigenvalue weighted by atomic mass is 19.1. The van der Waals surface area contributed by atoms with E-state index in [1.165, 1.54) is 44.9 Å². The molecule has 0 spiro atoms. The molecular weight excluding hydrogens is 1010 g/mol. The Morgan fingerprint density at radius 3 is 2.41 bits per heavy atom. The maximum Gasteiger partial charge on any atom is 0.409 e. The molecule has 0 bridgehead atoms. The number of anilines is 2. The third-order valence-corrected chi connectivity index (χ3v) is 18.7. The Balaban J connectivity index is 0.000000177. The highest BCUT2D eigenvalue weighted by molar-refractivity contribution is 5.96. The first-order valence-corrected chi connectivity index (χ1v) is 30.3. The van der Waals surface area contributed by atoms with Gasteiger partial charge in [0.15, 0.2) is 5.82 Å². The van der Waals surface area contributed by atoms with Crippen LogP contribution in [0.4, 0.5) is 20.7 Å². The lowest BCUT2D eigenvalue weighted by molar-refractivity contribution is -0.122. The van der Waals surface area contributed by atoms with Crippen LogP contribution in [-0.2, 0) is 34.2 Å². The Labute approximate surface area is 472 Å². The van der Waals surface area contributed by atoms with E-state index in [1.54, 1.807) is 13.1 Å². The third-order valence-electron chi connectivity index (χ3n) is 18.7. The number of phenolic OH excluding ortho intramolecular Hbond substituents is 1. The molecule has 5 saturated heterocycles. The number of aromatic nitrogens is 5. The molecule has 5 fully saturated rings. The number of halogens is 1. The van der Waals surface area contributed by atoms with E-state index < -0.39 is 5.82 Å². The van der Waals surface area contributed by atoms with Crippen LogP contribution in [0.3, 0.4) is 0 Å². The number of allylic oxidation sites excluding steroid dienone is 1. The zero-order chi connectivity index (χ0) is 56.1. The SMILES string of the molecule is C=CCCC(C(=O)NC)c1nn(C)c2cc(N3CCC(CC4CCN(C(=O)OC)CC4)CC3)ccc12.CC.CC1CCCc2cc(O)cc(-c3nc4c5c(nc(OCC67CCCN6CCC7)nc5c3F)N3CCCOCC3CC4)c21. The quantitative estimate of drug-likeness (QED) is 0.114. The summed E-state index contributed by atoms with van der Waals surface area (Å²) in [6.45, 7) is 18.6. The van der Waals surface area contributed by atoms with Crippen molar-refractivity contribution >= 4 is 45.3 Å². The molecule has 16 nitrogen and oxygen atoms in total. The van der Waals surface area contributed by atoms with Crippen LogP contribution >= 0.6 is 0 Å². The lowest BCUT2D eigenvalue weighted by Crippen LogP contribution is -2.43. The zero-order valence-corrected chi connectivity index (χ0v) is 48.5. The van der Waals surface area contributed by atoms with Crippen LogP contribution in [0.1, 0.15) is 151 Å². The normalized spacial score (nSPS) is 21.5. The van der Waals surface area contributed by atoms with Crippen LogP contribution < -0.4 is 19.9 Å². The van der Waals surface area contributed by atoms with Gasteiger partial charge in [-0.25, -0.2) is 14.2 Å². The van der Waals surface area contributed by atoms with Gasteiger partial charge in [-0.15, -0.1) is 6.58 Å². The number of carbonyl (C=O) groups is 2. The fraction of sp³-hybridized carbons (Fsp3) is 0.619. The molecule has 17 heteroatoms. The number of aryl methyl sites for hydroxylation is 3. The van der Waals surface area contributed by atoms with E-state index in [1.807, 2.05) is 42.6 Å². The van der Waals surface area contributed by atoms with Gasteiger partial charge in [-0.2, -0.15) is 15.1 Å². The lowest BCUT2D eigenvalue weighted by Gasteiger charge is -2.37. The molecule has 0 saturated carbocycles. The predicted octanol–water partition coefficient (Wildman–Crippen LogP) is 11.0. The monoisotopic (exact) mass is 1100 g/mol. The van der Waals surface area contributed by atoms with Crippen molar-refractivity contribution in [3.8, 4) is 23.0 Å². The van der Waals surface area contributed by atoms with Crippen LogP contribution in [0, 0.1) is 17.7 Å². The number of likely N-dealkylation sites (tertiary alicyclic amines) is 1. The Bertz CT molecular complexity index is 3000. The number of rotatable bonds is 12. The number of phenols is 1. The third kappa shape index (κ3) is 11.7. The van der Waals surface area contributed by atoms with Crippen molar-refractivity contribution in [3.63, 3.8) is 0 Å². The average molecular weight is 1100 g/mol. The van der Waals surface area contributed by atoms with Crippen molar-refractivity contribution < 1.29 is 33.3 Å². The first-order valence-electron chi connectivity index (χ1n) is 30.3. The summed E-state index contributed by atoms with van der Waals surface area (Å²) in [5.41, 5.74) is 7.40. The van der Waals surface area contributed by atoms with Gasteiger partial charge in [0, 0.05) is 70.1 Å². The topological polar surface area (TPSA) is 164 Å². The first kappa shape index (κ1) is 57.2. The van der Waals surface area contributed by atoms with Crippen molar-refractivity contribution in [3.05, 3.63) is 71.3 Å². The van der Waals surface area contributed by atoms with Crippen LogP contribution in [0.2, 0.25) is 0 Å². The first-order chi connectivity index (χ1) is 38.9. The summed E-state index contributed by atoms with van der Waals surface area (Å²) >= 11 is 0. The van der Waals surface area contributed by atoms with Gasteiger partial charge in [-0.3, -0.25) is 14.4 Å². The fourth-order valence-corrected chi connectivity index (χ4v) is 14.5. The average Bonchev–Trinajstić information content (AvgIpc) is 4.08. The van der Waals surface area contributed by atoms with E-state index in [4.69, 9.17) is 34.3 Å². The molecule has 6 aliphatic heterocycles. The molecule has 80 heavy (non-hydrogen) atoms. The highest BCUT2D eigenvalue weighted by Crippen LogP contribution is 2.45. The largest absolute Gasteiger partial charge is 0.508 e. The number of methoxy groups -OCH3 is 1. The number of hydrogen-bond acceptors (Lipinski definition) is 13. The molecule has 2 aromatic carbocycles. The minimum Gasteiger partial charge on any atom is -0.508 e. The molecule has 7 aliphatic rings. The fourth-order valence-electron chi connectivity index (χ4n) is 14.5. The number of fused-ring (bicyclic) bond motifs is 5. The number of nitrogens with zero attached hydrogens (tertiary/aromatic N) is 9. The number of likely N-dealkylation sites (N-methyl/N-ethyl adjacent to an activating group) is 1. The highest BCUT2D eigenvalue weighted by Gasteiger charge is 2.45. The van der Waals surface area contributed by atoms with Crippen molar-refractivity contribution in [1.29, 1.82) is 0 Å². The molecule has 5 aromatic rings. The number of pyridine rings is 1. The number of piperidine rings is 2. The number of benzene rings is 2. The lowest BCUT2D eigenvalue weighted by atomic mass is 9.80. The molecule has 432 valence electrons. The molecule has 2 N–H and O–H groups in total. The van der Waals surface area contributed by atoms with Crippen LogP contribution in [0.25, 0.3) is 33.1 Å². The zero-order valence-electron chi connectivity index (χ0n) is 48.5. The molecule has 3 atom stereocenters. The summed E-state index contributed by atoms with van der Waals surface area (Å²) in [5, 5.41) is 20.0. The maximum absolute atomic E-state index is 16.9. The number of amides is 2. The maximum atomic E-state index is 16.9. The number of carbonyl (C=O) groups excluding carboxylic acids is 2. The van der Waals surface area contributed by atoms with E-state index in [2.05, 4.69) is 51.7 Å². The van der Waals surface area contributed by atoms with E-state index in [9.17, 15) is 14.7 Å². The Morgan fingerprint density at radius 1 is 0.938 bits per heavy atom. The second-order valence-electron chi connectivity index (χ2n) is 23.5. The number of ether oxygens (including phenoxy) is 3.